The quantitative estimate of drug-likeness (QED) is 0.142. The van der Waals surface area contributed by atoms with Crippen molar-refractivity contribution in [2.24, 2.45) is 0 Å². The first-order valence-corrected chi connectivity index (χ1v) is 15.0. The van der Waals surface area contributed by atoms with Crippen LogP contribution in [0, 0.1) is 0 Å². The maximum Gasteiger partial charge on any atom is 0.271 e. The number of sulfonamides is 1. The van der Waals surface area contributed by atoms with Crippen LogP contribution in [0.15, 0.2) is 39.9 Å². The fourth-order valence-electron chi connectivity index (χ4n) is 3.84. The lowest BCUT2D eigenvalue weighted by atomic mass is 10.0. The summed E-state index contributed by atoms with van der Waals surface area (Å²) in [4.78, 5) is 12.2. The molecular formula is C26H40N2O4S2. The smallest absolute Gasteiger partial charge is 0.271 e. The molecule has 2 rings (SSSR count). The molecule has 0 aliphatic heterocycles. The number of anilines is 2. The number of carbonyl (C=O) groups is 1. The van der Waals surface area contributed by atoms with Gasteiger partial charge in [-0.3, -0.25) is 9.52 Å². The summed E-state index contributed by atoms with van der Waals surface area (Å²) in [7, 11) is -3.68. The van der Waals surface area contributed by atoms with E-state index in [2.05, 4.69) is 17.0 Å². The summed E-state index contributed by atoms with van der Waals surface area (Å²) in [6.07, 6.45) is 16.7. The van der Waals surface area contributed by atoms with Gasteiger partial charge in [-0.05, 0) is 30.0 Å². The first-order valence-electron chi connectivity index (χ1n) is 12.6. The van der Waals surface area contributed by atoms with Crippen molar-refractivity contribution in [3.8, 4) is 5.75 Å². The number of aromatic hydroxyl groups is 1. The van der Waals surface area contributed by atoms with E-state index in [1.807, 2.05) is 0 Å². The summed E-state index contributed by atoms with van der Waals surface area (Å²) in [5.41, 5.74) is 0.513. The summed E-state index contributed by atoms with van der Waals surface area (Å²) < 4.78 is 27.2. The number of benzene rings is 1. The van der Waals surface area contributed by atoms with Gasteiger partial charge >= 0.3 is 0 Å². The van der Waals surface area contributed by atoms with E-state index in [1.165, 1.54) is 88.5 Å². The van der Waals surface area contributed by atoms with Gasteiger partial charge in [-0.25, -0.2) is 8.42 Å². The molecule has 1 aromatic heterocycles. The van der Waals surface area contributed by atoms with Crippen LogP contribution in [0.3, 0.4) is 0 Å². The molecule has 0 bridgehead atoms. The standard InChI is InChI=1S/C26H40N2O4S2/c1-2-3-4-5-6-7-8-9-10-11-12-13-14-16-25(30)27-23-19-18-22(21-24(23)29)28-34(31,32)26-17-15-20-33-26/h15,17-21,28-29H,2-14,16H2,1H3,(H,27,30). The van der Waals surface area contributed by atoms with E-state index in [-0.39, 0.29) is 27.2 Å². The number of nitrogens with one attached hydrogen (secondary N) is 2. The average molecular weight is 509 g/mol. The largest absolute Gasteiger partial charge is 0.506 e. The molecular weight excluding hydrogens is 468 g/mol. The number of carbonyl (C=O) groups excluding carboxylic acids is 1. The van der Waals surface area contributed by atoms with Crippen LogP contribution in [0.25, 0.3) is 0 Å². The molecule has 190 valence electrons. The number of phenolic OH excluding ortho intramolecular Hbond substituents is 1. The molecule has 34 heavy (non-hydrogen) atoms. The van der Waals surface area contributed by atoms with E-state index in [4.69, 9.17) is 0 Å². The fraction of sp³-hybridized carbons (Fsp3) is 0.577. The highest BCUT2D eigenvalue weighted by Gasteiger charge is 2.16. The summed E-state index contributed by atoms with van der Waals surface area (Å²) in [6.45, 7) is 2.25. The Balaban J connectivity index is 1.57. The van der Waals surface area contributed by atoms with Crippen LogP contribution in [0.1, 0.15) is 96.8 Å². The molecule has 0 saturated carbocycles. The van der Waals surface area contributed by atoms with Crippen molar-refractivity contribution in [3.05, 3.63) is 35.7 Å². The molecule has 0 unspecified atom stereocenters. The number of amides is 1. The van der Waals surface area contributed by atoms with E-state index in [0.717, 1.165) is 30.6 Å². The van der Waals surface area contributed by atoms with Crippen LogP contribution in [-0.2, 0) is 14.8 Å². The summed E-state index contributed by atoms with van der Waals surface area (Å²) in [5, 5.41) is 14.6. The third kappa shape index (κ3) is 10.9. The summed E-state index contributed by atoms with van der Waals surface area (Å²) in [6, 6.07) is 7.49. The van der Waals surface area contributed by atoms with Crippen molar-refractivity contribution < 1.29 is 18.3 Å². The van der Waals surface area contributed by atoms with Crippen molar-refractivity contribution in [2.75, 3.05) is 10.0 Å². The molecule has 2 aromatic rings. The molecule has 1 heterocycles. The lowest BCUT2D eigenvalue weighted by molar-refractivity contribution is -0.116. The van der Waals surface area contributed by atoms with Crippen molar-refractivity contribution in [3.63, 3.8) is 0 Å². The molecule has 0 atom stereocenters. The Bertz CT molecular complexity index is 944. The van der Waals surface area contributed by atoms with Gasteiger partial charge in [0.05, 0.1) is 11.4 Å². The summed E-state index contributed by atoms with van der Waals surface area (Å²) in [5.74, 6) is -0.324. The van der Waals surface area contributed by atoms with E-state index in [9.17, 15) is 18.3 Å². The van der Waals surface area contributed by atoms with E-state index >= 15 is 0 Å². The number of hydrogen-bond donors (Lipinski definition) is 3. The van der Waals surface area contributed by atoms with Gasteiger partial charge in [-0.2, -0.15) is 0 Å². The average Bonchev–Trinajstić information content (AvgIpc) is 3.35. The van der Waals surface area contributed by atoms with Crippen LogP contribution < -0.4 is 10.0 Å². The molecule has 6 nitrogen and oxygen atoms in total. The topological polar surface area (TPSA) is 95.5 Å². The normalized spacial score (nSPS) is 11.4. The van der Waals surface area contributed by atoms with Crippen LogP contribution in [0.5, 0.6) is 5.75 Å². The van der Waals surface area contributed by atoms with Crippen LogP contribution in [0.2, 0.25) is 0 Å². The highest BCUT2D eigenvalue weighted by atomic mass is 32.2. The first-order chi connectivity index (χ1) is 16.4. The predicted octanol–water partition coefficient (Wildman–Crippen LogP) is 7.67. The molecule has 0 aliphatic rings. The molecule has 0 saturated heterocycles. The third-order valence-corrected chi connectivity index (χ3v) is 8.57. The molecule has 0 fully saturated rings. The third-order valence-electron chi connectivity index (χ3n) is 5.79. The lowest BCUT2D eigenvalue weighted by Gasteiger charge is -2.11. The van der Waals surface area contributed by atoms with Gasteiger partial charge in [0.25, 0.3) is 10.0 Å². The Hall–Kier alpha value is -2.06. The Kier molecular flexibility index (Phi) is 13.1. The molecule has 3 N–H and O–H groups in total. The fourth-order valence-corrected chi connectivity index (χ4v) is 5.88. The van der Waals surface area contributed by atoms with Crippen molar-refractivity contribution in [2.45, 2.75) is 101 Å². The molecule has 0 aliphatic carbocycles. The Morgan fingerprint density at radius 2 is 1.47 bits per heavy atom. The molecule has 8 heteroatoms. The second-order valence-corrected chi connectivity index (χ2v) is 11.7. The Morgan fingerprint density at radius 1 is 0.882 bits per heavy atom. The zero-order valence-electron chi connectivity index (χ0n) is 20.4. The molecule has 1 aromatic carbocycles. The zero-order chi connectivity index (χ0) is 24.7. The zero-order valence-corrected chi connectivity index (χ0v) is 22.0. The predicted molar refractivity (Wildman–Crippen MR) is 142 cm³/mol. The second kappa shape index (κ2) is 15.8. The molecule has 1 amide bonds. The van der Waals surface area contributed by atoms with Crippen molar-refractivity contribution >= 4 is 38.6 Å². The van der Waals surface area contributed by atoms with Crippen molar-refractivity contribution in [1.29, 1.82) is 0 Å². The minimum atomic E-state index is -3.68. The monoisotopic (exact) mass is 508 g/mol. The maximum absolute atomic E-state index is 12.3. The first kappa shape index (κ1) is 28.2. The molecule has 0 spiro atoms. The van der Waals surface area contributed by atoms with E-state index in [0.29, 0.717) is 6.42 Å². The molecule has 0 radical (unpaired) electrons. The van der Waals surface area contributed by atoms with Gasteiger partial charge in [0, 0.05) is 12.5 Å². The number of unbranched alkanes of at least 4 members (excludes halogenated alkanes) is 12. The van der Waals surface area contributed by atoms with Gasteiger partial charge in [0.1, 0.15) is 9.96 Å². The van der Waals surface area contributed by atoms with Crippen molar-refractivity contribution in [1.82, 2.24) is 0 Å². The van der Waals surface area contributed by atoms with E-state index in [1.54, 1.807) is 11.4 Å². The number of thiophene rings is 1. The highest BCUT2D eigenvalue weighted by molar-refractivity contribution is 7.94. The Morgan fingerprint density at radius 3 is 2.00 bits per heavy atom. The SMILES string of the molecule is CCCCCCCCCCCCCCCC(=O)Nc1ccc(NS(=O)(=O)c2cccs2)cc1O. The van der Waals surface area contributed by atoms with Crippen LogP contribution in [0.4, 0.5) is 11.4 Å². The minimum Gasteiger partial charge on any atom is -0.506 e. The lowest BCUT2D eigenvalue weighted by Crippen LogP contribution is -2.13. The second-order valence-electron chi connectivity index (χ2n) is 8.81. The number of phenols is 1. The van der Waals surface area contributed by atoms with Gasteiger partial charge in [0.15, 0.2) is 0 Å². The van der Waals surface area contributed by atoms with Crippen LogP contribution >= 0.6 is 11.3 Å². The van der Waals surface area contributed by atoms with Crippen LogP contribution in [-0.4, -0.2) is 19.4 Å². The summed E-state index contributed by atoms with van der Waals surface area (Å²) >= 11 is 1.11. The van der Waals surface area contributed by atoms with E-state index < -0.39 is 10.0 Å². The van der Waals surface area contributed by atoms with Gasteiger partial charge in [-0.1, -0.05) is 90.0 Å². The van der Waals surface area contributed by atoms with Gasteiger partial charge in [0.2, 0.25) is 5.91 Å². The number of hydrogen-bond acceptors (Lipinski definition) is 5. The Labute approximate surface area is 209 Å². The minimum absolute atomic E-state index is 0.148. The maximum atomic E-state index is 12.3. The highest BCUT2D eigenvalue weighted by Crippen LogP contribution is 2.29. The number of rotatable bonds is 18. The van der Waals surface area contributed by atoms with Gasteiger partial charge in [-0.15, -0.1) is 11.3 Å². The van der Waals surface area contributed by atoms with Gasteiger partial charge < -0.3 is 10.4 Å².